The Morgan fingerprint density at radius 2 is 0.559 bits per heavy atom. The first-order valence-corrected chi connectivity index (χ1v) is 29.6. The molecule has 93 heavy (non-hydrogen) atoms. The van der Waals surface area contributed by atoms with Gasteiger partial charge in [-0.05, 0) is 0 Å². The fraction of sp³-hybridized carbons (Fsp3) is 0.904. The molecule has 41 heteroatoms. The van der Waals surface area contributed by atoms with Crippen LogP contribution in [0, 0.1) is 0 Å². The summed E-state index contributed by atoms with van der Waals surface area (Å²) < 4.78 is 76.0. The molecule has 23 N–H and O–H groups in total. The first kappa shape index (κ1) is 76.5. The zero-order chi connectivity index (χ0) is 68.8. The second-order valence-electron chi connectivity index (χ2n) is 23.3. The van der Waals surface area contributed by atoms with Crippen molar-refractivity contribution in [1.29, 1.82) is 0 Å². The second kappa shape index (κ2) is 33.6. The lowest BCUT2D eigenvalue weighted by Crippen LogP contribution is -2.71. The van der Waals surface area contributed by atoms with Crippen LogP contribution in [-0.2, 0) is 85.6 Å². The molecule has 0 saturated carbocycles. The second-order valence-corrected chi connectivity index (χ2v) is 23.3. The lowest BCUT2D eigenvalue weighted by Gasteiger charge is -2.50. The Labute approximate surface area is 528 Å². The molecule has 7 aliphatic rings. The molecule has 0 aromatic carbocycles. The Bertz CT molecular complexity index is 2430. The van der Waals surface area contributed by atoms with E-state index >= 15 is 0 Å². The van der Waals surface area contributed by atoms with Gasteiger partial charge in [-0.15, -0.1) is 0 Å². The van der Waals surface area contributed by atoms with Crippen LogP contribution in [0.1, 0.15) is 34.6 Å². The zero-order valence-corrected chi connectivity index (χ0v) is 50.6. The Morgan fingerprint density at radius 1 is 0.280 bits per heavy atom. The van der Waals surface area contributed by atoms with Gasteiger partial charge < -0.3 is 180 Å². The molecule has 0 aromatic heterocycles. The molecule has 0 radical (unpaired) electrons. The number of rotatable bonds is 24. The smallest absolute Gasteiger partial charge is 0.217 e. The van der Waals surface area contributed by atoms with Gasteiger partial charge in [-0.1, -0.05) is 0 Å². The van der Waals surface area contributed by atoms with Crippen LogP contribution in [0.25, 0.3) is 0 Å². The molecular formula is C52H87N5O36. The van der Waals surface area contributed by atoms with Crippen LogP contribution in [0.3, 0.4) is 0 Å². The average Bonchev–Trinajstić information content (AvgIpc) is 0.784. The van der Waals surface area contributed by atoms with Gasteiger partial charge in [0.15, 0.2) is 44.0 Å². The van der Waals surface area contributed by atoms with Crippen molar-refractivity contribution in [3.63, 3.8) is 0 Å². The number of carbonyl (C=O) groups excluding carboxylic acids is 5. The largest absolute Gasteiger partial charge is 0.394 e. The van der Waals surface area contributed by atoms with E-state index in [1.165, 1.54) is 0 Å². The minimum Gasteiger partial charge on any atom is -0.394 e. The highest BCUT2D eigenvalue weighted by atomic mass is 16.8. The average molecular weight is 1360 g/mol. The summed E-state index contributed by atoms with van der Waals surface area (Å²) in [5.74, 6) is -4.05. The summed E-state index contributed by atoms with van der Waals surface area (Å²) in [5.41, 5.74) is 0. The van der Waals surface area contributed by atoms with Gasteiger partial charge in [0.2, 0.25) is 29.5 Å². The monoisotopic (exact) mass is 1360 g/mol. The predicted molar refractivity (Wildman–Crippen MR) is 290 cm³/mol. The highest BCUT2D eigenvalue weighted by Crippen LogP contribution is 2.37. The summed E-state index contributed by atoms with van der Waals surface area (Å²) in [6.45, 7) is -1.67. The molecule has 536 valence electrons. The van der Waals surface area contributed by atoms with Gasteiger partial charge in [0.25, 0.3) is 0 Å². The topological polar surface area (TPSA) is 630 Å². The van der Waals surface area contributed by atoms with Crippen LogP contribution in [0.5, 0.6) is 0 Å². The molecule has 7 fully saturated rings. The summed E-state index contributed by atoms with van der Waals surface area (Å²) in [4.78, 5) is 62.4. The molecule has 0 aromatic rings. The van der Waals surface area contributed by atoms with Gasteiger partial charge in [-0.3, -0.25) is 24.0 Å². The van der Waals surface area contributed by atoms with Crippen molar-refractivity contribution < 1.29 is 177 Å². The molecule has 5 amide bonds. The Kier molecular flexibility index (Phi) is 27.6. The molecule has 0 aliphatic carbocycles. The number of carbonyl (C=O) groups is 5. The highest BCUT2D eigenvalue weighted by molar-refractivity contribution is 5.75. The fourth-order valence-corrected chi connectivity index (χ4v) is 11.9. The molecule has 41 nitrogen and oxygen atoms in total. The van der Waals surface area contributed by atoms with Crippen molar-refractivity contribution in [3.8, 4) is 0 Å². The van der Waals surface area contributed by atoms with Crippen LogP contribution >= 0.6 is 0 Å². The van der Waals surface area contributed by atoms with Crippen LogP contribution in [-0.4, -0.2) is 382 Å². The van der Waals surface area contributed by atoms with Crippen LogP contribution < -0.4 is 26.6 Å². The molecule has 7 saturated heterocycles. The van der Waals surface area contributed by atoms with Crippen molar-refractivity contribution in [2.24, 2.45) is 0 Å². The van der Waals surface area contributed by atoms with E-state index in [-0.39, 0.29) is 0 Å². The fourth-order valence-electron chi connectivity index (χ4n) is 11.9. The van der Waals surface area contributed by atoms with Crippen LogP contribution in [0.15, 0.2) is 0 Å². The van der Waals surface area contributed by atoms with E-state index in [2.05, 4.69) is 26.6 Å². The van der Waals surface area contributed by atoms with Gasteiger partial charge in [-0.25, -0.2) is 0 Å². The molecule has 7 rings (SSSR count). The van der Waals surface area contributed by atoms with Crippen LogP contribution in [0.4, 0.5) is 0 Å². The molecule has 7 heterocycles. The van der Waals surface area contributed by atoms with Gasteiger partial charge in [-0.2, -0.15) is 0 Å². The van der Waals surface area contributed by atoms with Gasteiger partial charge in [0.1, 0.15) is 171 Å². The van der Waals surface area contributed by atoms with E-state index in [1.807, 2.05) is 0 Å². The molecule has 1 unspecified atom stereocenters. The molecule has 0 spiro atoms. The summed E-state index contributed by atoms with van der Waals surface area (Å²) in [6.07, 6.45) is -56.6. The molecule has 0 bridgehead atoms. The summed E-state index contributed by atoms with van der Waals surface area (Å²) in [7, 11) is 0. The van der Waals surface area contributed by atoms with Crippen LogP contribution in [0.2, 0.25) is 0 Å². The van der Waals surface area contributed by atoms with E-state index in [9.17, 15) is 116 Å². The van der Waals surface area contributed by atoms with E-state index < -0.39 is 290 Å². The van der Waals surface area contributed by atoms with Crippen molar-refractivity contribution >= 4 is 29.5 Å². The Hall–Kier alpha value is -3.89. The summed E-state index contributed by atoms with van der Waals surface area (Å²) in [5, 5.41) is 209. The number of aliphatic hydroxyl groups excluding tert-OH is 18. The number of amides is 5. The number of hydrogen-bond donors (Lipinski definition) is 23. The number of ether oxygens (including phenoxy) is 13. The van der Waals surface area contributed by atoms with Crippen molar-refractivity contribution in [2.75, 3.05) is 46.2 Å². The molecule has 7 aliphatic heterocycles. The normalized spacial score (nSPS) is 46.4. The molecular weight excluding hydrogens is 1270 g/mol. The van der Waals surface area contributed by atoms with E-state index in [1.54, 1.807) is 0 Å². The summed E-state index contributed by atoms with van der Waals surface area (Å²) >= 11 is 0. The number of hydrogen-bond acceptors (Lipinski definition) is 36. The van der Waals surface area contributed by atoms with E-state index in [0.29, 0.717) is 0 Å². The maximum absolute atomic E-state index is 13.0. The summed E-state index contributed by atoms with van der Waals surface area (Å²) in [6, 6.07) is -8.41. The number of aliphatic hydroxyl groups is 18. The predicted octanol–water partition coefficient (Wildman–Crippen LogP) is -15.6. The van der Waals surface area contributed by atoms with E-state index in [4.69, 9.17) is 61.6 Å². The lowest BCUT2D eigenvalue weighted by atomic mass is 9.93. The SMILES string of the molecule is CC(=O)N[C@H]1[C@H](O[C@H]2[C@H](O)[C@@H](CO)O[C@@H](OC[C@H]3OC(O)[C@H](NC(C)=O)[C@@H](O[C@@H]4O[C@H](CO)[C@H](O[C@H]5O[C@H](CO)[C@@H](O)[C@H](O)[C@H]5NC(C)=O)[C@H](O)[C@H]4O)[C@H]3O)[C@@H]2NC(C)=O)O[C@H](CO)[C@@H](O[C@@H]2O[C@H](CO)[C@H](O[C@H]3O[C@H](CO)[C@@H](O)[C@H](O)[C@H]3NC(C)=O)[C@H](O)[C@H]2O)[C@@H]1O. The van der Waals surface area contributed by atoms with Crippen molar-refractivity contribution in [1.82, 2.24) is 26.6 Å². The third-order valence-corrected chi connectivity index (χ3v) is 16.5. The minimum atomic E-state index is -2.21. The minimum absolute atomic E-state index is 0.739. The quantitative estimate of drug-likeness (QED) is 0.0427. The van der Waals surface area contributed by atoms with Gasteiger partial charge >= 0.3 is 0 Å². The standard InChI is InChI=1S/C52H87N5O36/c1-13(64)53-25-34(73)30(69)18(6-58)84-48(25)89-42-22(10-62)87-51(39(78)37(42)76)91-41-21(9-61)86-50(27(36(41)75)55-15(3)66)92-45-29(57-17(5)68)47(83-20(8-60)32(45)71)81-12-24-33(72)44(28(46(80)82-24)56-16(4)67)93-52-40(79)38(77)43(23(11-63)88-52)90-49-26(54-14(2)65)35(74)31(70)19(7-59)85-49/h18-52,58-63,69-80H,6-12H2,1-5H3,(H,53,64)(H,54,65)(H,55,66)(H,56,67)(H,57,68)/t18-,19-,20-,21-,22-,23-,24-,25-,26-,27-,28-,29-,30-,31-,32-,33+,34-,35-,36-,37-,38-,39-,40-,41-,42+,43+,44-,45-,46?,47-,48-,49-,50+,51+,52+/m1/s1. The Morgan fingerprint density at radius 3 is 0.957 bits per heavy atom. The third kappa shape index (κ3) is 17.5. The Balaban J connectivity index is 1.07. The van der Waals surface area contributed by atoms with Crippen molar-refractivity contribution in [2.45, 2.75) is 249 Å². The van der Waals surface area contributed by atoms with E-state index in [0.717, 1.165) is 34.6 Å². The lowest BCUT2D eigenvalue weighted by molar-refractivity contribution is -0.374. The number of nitrogens with one attached hydrogen (secondary N) is 5. The maximum atomic E-state index is 13.0. The first-order valence-electron chi connectivity index (χ1n) is 29.6. The maximum Gasteiger partial charge on any atom is 0.217 e. The first-order chi connectivity index (χ1) is 43.9. The third-order valence-electron chi connectivity index (χ3n) is 16.5. The van der Waals surface area contributed by atoms with Gasteiger partial charge in [0, 0.05) is 34.6 Å². The van der Waals surface area contributed by atoms with Crippen molar-refractivity contribution in [3.05, 3.63) is 0 Å². The van der Waals surface area contributed by atoms with Gasteiger partial charge in [0.05, 0.1) is 46.2 Å². The zero-order valence-electron chi connectivity index (χ0n) is 50.6. The molecule has 35 atom stereocenters. The highest BCUT2D eigenvalue weighted by Gasteiger charge is 2.59.